The molecule has 1 aliphatic rings. The molecule has 1 saturated carbocycles. The lowest BCUT2D eigenvalue weighted by Gasteiger charge is -2.34. The van der Waals surface area contributed by atoms with Crippen molar-refractivity contribution in [3.05, 3.63) is 0 Å². The lowest BCUT2D eigenvalue weighted by Crippen LogP contribution is -2.45. The second-order valence-corrected chi connectivity index (χ2v) is 6.13. The van der Waals surface area contributed by atoms with Crippen molar-refractivity contribution in [3.63, 3.8) is 0 Å². The van der Waals surface area contributed by atoms with Gasteiger partial charge in [-0.15, -0.1) is 0 Å². The van der Waals surface area contributed by atoms with Crippen LogP contribution in [0.2, 0.25) is 0 Å². The summed E-state index contributed by atoms with van der Waals surface area (Å²) in [5.41, 5.74) is -0.417. The van der Waals surface area contributed by atoms with E-state index in [2.05, 4.69) is 24.3 Å². The summed E-state index contributed by atoms with van der Waals surface area (Å²) in [5, 5.41) is 2.97. The summed E-state index contributed by atoms with van der Waals surface area (Å²) in [4.78, 5) is 13.9. The predicted octanol–water partition coefficient (Wildman–Crippen LogP) is 2.38. The number of rotatable bonds is 2. The first-order chi connectivity index (χ1) is 7.78. The number of amides is 1. The van der Waals surface area contributed by atoms with Crippen LogP contribution in [0.3, 0.4) is 0 Å². The average molecular weight is 242 g/mol. The smallest absolute Gasteiger partial charge is 0.407 e. The van der Waals surface area contributed by atoms with Crippen LogP contribution in [-0.2, 0) is 4.74 Å². The molecule has 2 atom stereocenters. The van der Waals surface area contributed by atoms with Crippen molar-refractivity contribution in [1.82, 2.24) is 10.2 Å². The normalized spacial score (nSPS) is 25.8. The molecule has 0 aromatic rings. The highest BCUT2D eigenvalue weighted by Gasteiger charge is 2.26. The highest BCUT2D eigenvalue weighted by Crippen LogP contribution is 2.21. The Hall–Kier alpha value is -0.770. The molecule has 1 rings (SSSR count). The molecule has 1 amide bonds. The fraction of sp³-hybridized carbons (Fsp3) is 0.923. The van der Waals surface area contributed by atoms with Gasteiger partial charge in [0, 0.05) is 12.1 Å². The molecule has 0 saturated heterocycles. The first kappa shape index (κ1) is 14.3. The third-order valence-corrected chi connectivity index (χ3v) is 3.10. The van der Waals surface area contributed by atoms with Crippen molar-refractivity contribution in [2.45, 2.75) is 64.1 Å². The Bertz CT molecular complexity index is 259. The Morgan fingerprint density at radius 3 is 2.47 bits per heavy atom. The van der Waals surface area contributed by atoms with Crippen LogP contribution in [0.5, 0.6) is 0 Å². The van der Waals surface area contributed by atoms with Gasteiger partial charge in [0.25, 0.3) is 0 Å². The predicted molar refractivity (Wildman–Crippen MR) is 69.1 cm³/mol. The van der Waals surface area contributed by atoms with Crippen molar-refractivity contribution in [2.24, 2.45) is 0 Å². The fourth-order valence-corrected chi connectivity index (χ4v) is 2.24. The van der Waals surface area contributed by atoms with Gasteiger partial charge >= 0.3 is 6.09 Å². The molecular formula is C13H26N2O2. The van der Waals surface area contributed by atoms with Crippen LogP contribution in [0.4, 0.5) is 4.79 Å². The van der Waals surface area contributed by atoms with Gasteiger partial charge in [0.2, 0.25) is 0 Å². The van der Waals surface area contributed by atoms with Gasteiger partial charge in [0.15, 0.2) is 0 Å². The standard InChI is InChI=1S/C13H26N2O2/c1-13(2,3)17-12(16)14-10-7-6-8-11(9-10)15(4)5/h10-11H,6-9H2,1-5H3,(H,14,16). The number of carbonyl (C=O) groups excluding carboxylic acids is 1. The van der Waals surface area contributed by atoms with Crippen molar-refractivity contribution in [3.8, 4) is 0 Å². The van der Waals surface area contributed by atoms with Gasteiger partial charge in [-0.25, -0.2) is 4.79 Å². The van der Waals surface area contributed by atoms with E-state index in [4.69, 9.17) is 4.74 Å². The number of ether oxygens (including phenoxy) is 1. The molecule has 0 heterocycles. The summed E-state index contributed by atoms with van der Waals surface area (Å²) in [6.07, 6.45) is 4.18. The number of nitrogens with one attached hydrogen (secondary N) is 1. The molecule has 4 heteroatoms. The van der Waals surface area contributed by atoms with Crippen LogP contribution >= 0.6 is 0 Å². The molecule has 0 spiro atoms. The van der Waals surface area contributed by atoms with Gasteiger partial charge in [0.05, 0.1) is 0 Å². The van der Waals surface area contributed by atoms with E-state index in [1.807, 2.05) is 20.8 Å². The zero-order chi connectivity index (χ0) is 13.1. The molecule has 0 aromatic carbocycles. The number of alkyl carbamates (subject to hydrolysis) is 1. The van der Waals surface area contributed by atoms with Gasteiger partial charge in [0.1, 0.15) is 5.60 Å². The van der Waals surface area contributed by atoms with E-state index in [9.17, 15) is 4.79 Å². The zero-order valence-corrected chi connectivity index (χ0v) is 11.7. The summed E-state index contributed by atoms with van der Waals surface area (Å²) in [6.45, 7) is 5.65. The SMILES string of the molecule is CN(C)C1CCCC(NC(=O)OC(C)(C)C)C1. The lowest BCUT2D eigenvalue weighted by atomic mass is 9.90. The first-order valence-corrected chi connectivity index (χ1v) is 6.44. The average Bonchev–Trinajstić information content (AvgIpc) is 2.14. The van der Waals surface area contributed by atoms with Gasteiger partial charge < -0.3 is 15.0 Å². The summed E-state index contributed by atoms with van der Waals surface area (Å²) >= 11 is 0. The van der Waals surface area contributed by atoms with E-state index in [1.54, 1.807) is 0 Å². The number of nitrogens with zero attached hydrogens (tertiary/aromatic N) is 1. The monoisotopic (exact) mass is 242 g/mol. The molecule has 2 unspecified atom stereocenters. The maximum absolute atomic E-state index is 11.7. The molecule has 1 aliphatic carbocycles. The zero-order valence-electron chi connectivity index (χ0n) is 11.7. The minimum absolute atomic E-state index is 0.256. The second kappa shape index (κ2) is 5.71. The third-order valence-electron chi connectivity index (χ3n) is 3.10. The number of hydrogen-bond donors (Lipinski definition) is 1. The van der Waals surface area contributed by atoms with E-state index < -0.39 is 5.60 Å². The minimum atomic E-state index is -0.417. The molecule has 100 valence electrons. The van der Waals surface area contributed by atoms with Crippen LogP contribution in [0.25, 0.3) is 0 Å². The van der Waals surface area contributed by atoms with Crippen LogP contribution in [0.1, 0.15) is 46.5 Å². The topological polar surface area (TPSA) is 41.6 Å². The van der Waals surface area contributed by atoms with E-state index in [-0.39, 0.29) is 12.1 Å². The summed E-state index contributed by atoms with van der Waals surface area (Å²) in [5.74, 6) is 0. The van der Waals surface area contributed by atoms with Crippen LogP contribution < -0.4 is 5.32 Å². The summed E-state index contributed by atoms with van der Waals surface area (Å²) in [6, 6.07) is 0.828. The Labute approximate surface area is 105 Å². The quantitative estimate of drug-likeness (QED) is 0.808. The van der Waals surface area contributed by atoms with Crippen LogP contribution in [-0.4, -0.2) is 42.8 Å². The molecule has 1 N–H and O–H groups in total. The van der Waals surface area contributed by atoms with Gasteiger partial charge in [-0.2, -0.15) is 0 Å². The van der Waals surface area contributed by atoms with Gasteiger partial charge in [-0.3, -0.25) is 0 Å². The molecular weight excluding hydrogens is 216 g/mol. The van der Waals surface area contributed by atoms with Crippen molar-refractivity contribution >= 4 is 6.09 Å². The van der Waals surface area contributed by atoms with Crippen molar-refractivity contribution in [2.75, 3.05) is 14.1 Å². The Morgan fingerprint density at radius 1 is 1.29 bits per heavy atom. The third kappa shape index (κ3) is 5.39. The van der Waals surface area contributed by atoms with Gasteiger partial charge in [-0.1, -0.05) is 0 Å². The second-order valence-electron chi connectivity index (χ2n) is 6.13. The lowest BCUT2D eigenvalue weighted by molar-refractivity contribution is 0.0478. The highest BCUT2D eigenvalue weighted by atomic mass is 16.6. The van der Waals surface area contributed by atoms with Crippen molar-refractivity contribution < 1.29 is 9.53 Å². The van der Waals surface area contributed by atoms with E-state index in [1.165, 1.54) is 12.8 Å². The van der Waals surface area contributed by atoms with E-state index in [0.717, 1.165) is 12.8 Å². The number of hydrogen-bond acceptors (Lipinski definition) is 3. The molecule has 17 heavy (non-hydrogen) atoms. The van der Waals surface area contributed by atoms with Crippen LogP contribution in [0.15, 0.2) is 0 Å². The van der Waals surface area contributed by atoms with Gasteiger partial charge in [-0.05, 0) is 60.5 Å². The van der Waals surface area contributed by atoms with Crippen LogP contribution in [0, 0.1) is 0 Å². The largest absolute Gasteiger partial charge is 0.444 e. The molecule has 4 nitrogen and oxygen atoms in total. The Balaban J connectivity index is 2.38. The Morgan fingerprint density at radius 2 is 1.94 bits per heavy atom. The number of carbonyl (C=O) groups is 1. The van der Waals surface area contributed by atoms with Crippen molar-refractivity contribution in [1.29, 1.82) is 0 Å². The maximum Gasteiger partial charge on any atom is 0.407 e. The minimum Gasteiger partial charge on any atom is -0.444 e. The fourth-order valence-electron chi connectivity index (χ4n) is 2.24. The summed E-state index contributed by atoms with van der Waals surface area (Å²) < 4.78 is 5.27. The van der Waals surface area contributed by atoms with E-state index >= 15 is 0 Å². The molecule has 0 aromatic heterocycles. The van der Waals surface area contributed by atoms with E-state index in [0.29, 0.717) is 6.04 Å². The molecule has 0 radical (unpaired) electrons. The highest BCUT2D eigenvalue weighted by molar-refractivity contribution is 5.68. The molecule has 0 aliphatic heterocycles. The molecule has 0 bridgehead atoms. The molecule has 1 fully saturated rings. The Kier molecular flexibility index (Phi) is 4.80. The maximum atomic E-state index is 11.7. The summed E-state index contributed by atoms with van der Waals surface area (Å²) in [7, 11) is 4.20. The first-order valence-electron chi connectivity index (χ1n) is 6.44.